The van der Waals surface area contributed by atoms with Gasteiger partial charge in [0.1, 0.15) is 11.7 Å². The lowest BCUT2D eigenvalue weighted by Gasteiger charge is -2.64. The highest BCUT2D eigenvalue weighted by Crippen LogP contribution is 2.65. The molecule has 0 spiro atoms. The van der Waals surface area contributed by atoms with Crippen molar-refractivity contribution < 1.29 is 18.9 Å². The fourth-order valence-electron chi connectivity index (χ4n) is 6.81. The van der Waals surface area contributed by atoms with Crippen LogP contribution >= 0.6 is 0 Å². The van der Waals surface area contributed by atoms with Crippen molar-refractivity contribution in [2.24, 2.45) is 23.2 Å². The third-order valence-electron chi connectivity index (χ3n) is 9.05. The molecule has 202 valence electrons. The molecule has 1 aromatic heterocycles. The monoisotopic (exact) mass is 518 g/mol. The number of amides is 2. The first-order valence-corrected chi connectivity index (χ1v) is 13.8. The number of hydrogen-bond acceptors (Lipinski definition) is 6. The molecule has 2 amide bonds. The Bertz CT molecular complexity index is 1150. The van der Waals surface area contributed by atoms with Crippen LogP contribution in [0.15, 0.2) is 48.9 Å². The molecule has 9 heteroatoms. The lowest BCUT2D eigenvalue weighted by Crippen LogP contribution is -2.65. The first-order valence-electron chi connectivity index (χ1n) is 13.8. The fraction of sp³-hybridized carbons (Fsp3) is 0.586. The van der Waals surface area contributed by atoms with Gasteiger partial charge in [-0.3, -0.25) is 14.6 Å². The minimum Gasteiger partial charge on any atom is -0.404 e. The largest absolute Gasteiger partial charge is 0.481 e. The van der Waals surface area contributed by atoms with Gasteiger partial charge in [-0.15, -0.1) is 0 Å². The van der Waals surface area contributed by atoms with E-state index in [1.807, 2.05) is 30.3 Å². The summed E-state index contributed by atoms with van der Waals surface area (Å²) in [5.41, 5.74) is 0.998. The van der Waals surface area contributed by atoms with E-state index >= 15 is 0 Å². The van der Waals surface area contributed by atoms with Gasteiger partial charge in [0.15, 0.2) is 0 Å². The van der Waals surface area contributed by atoms with Crippen LogP contribution in [0.1, 0.15) is 69.9 Å². The van der Waals surface area contributed by atoms with Gasteiger partial charge in [-0.05, 0) is 54.9 Å². The Morgan fingerprint density at radius 2 is 1.87 bits per heavy atom. The Balaban J connectivity index is 1.34. The summed E-state index contributed by atoms with van der Waals surface area (Å²) in [7, 11) is -0.528. The van der Waals surface area contributed by atoms with Gasteiger partial charge < -0.3 is 19.9 Å². The molecule has 4 fully saturated rings. The molecule has 6 atom stereocenters. The Labute approximate surface area is 225 Å². The summed E-state index contributed by atoms with van der Waals surface area (Å²) in [5.74, 6) is 0.359. The lowest BCUT2D eigenvalue weighted by atomic mass is 9.43. The third kappa shape index (κ3) is 5.10. The van der Waals surface area contributed by atoms with Crippen molar-refractivity contribution in [1.82, 2.24) is 20.6 Å². The SMILES string of the molecule is CC(C)CC(NC(=O)C(Cc1ccccc1)NC(=O)c1cnccn1)B1OC2CC3CC(C3(C)C)C2(C)O1. The Morgan fingerprint density at radius 1 is 1.11 bits per heavy atom. The van der Waals surface area contributed by atoms with Gasteiger partial charge in [0.05, 0.1) is 23.8 Å². The average molecular weight is 518 g/mol. The van der Waals surface area contributed by atoms with Crippen LogP contribution < -0.4 is 10.6 Å². The number of hydrogen-bond donors (Lipinski definition) is 2. The first kappa shape index (κ1) is 26.8. The third-order valence-corrected chi connectivity index (χ3v) is 9.05. The zero-order chi connectivity index (χ0) is 27.1. The number of nitrogens with zero attached hydrogens (tertiary/aromatic N) is 2. The molecule has 2 heterocycles. The summed E-state index contributed by atoms with van der Waals surface area (Å²) in [6.45, 7) is 11.1. The molecule has 8 nitrogen and oxygen atoms in total. The molecule has 1 aliphatic heterocycles. The van der Waals surface area contributed by atoms with Crippen molar-refractivity contribution in [3.05, 3.63) is 60.2 Å². The van der Waals surface area contributed by atoms with Gasteiger partial charge in [0.2, 0.25) is 5.91 Å². The molecule has 38 heavy (non-hydrogen) atoms. The summed E-state index contributed by atoms with van der Waals surface area (Å²) in [6, 6.07) is 8.87. The minimum absolute atomic E-state index is 0.0345. The van der Waals surface area contributed by atoms with Crippen molar-refractivity contribution in [3.8, 4) is 0 Å². The number of nitrogens with one attached hydrogen (secondary N) is 2. The second kappa shape index (κ2) is 10.4. The highest BCUT2D eigenvalue weighted by Gasteiger charge is 2.68. The van der Waals surface area contributed by atoms with Crippen LogP contribution in [0, 0.1) is 23.2 Å². The van der Waals surface area contributed by atoms with Gasteiger partial charge in [-0.25, -0.2) is 4.98 Å². The molecule has 1 aromatic carbocycles. The number of rotatable bonds is 9. The lowest BCUT2D eigenvalue weighted by molar-refractivity contribution is -0.199. The van der Waals surface area contributed by atoms with Crippen LogP contribution in [-0.4, -0.2) is 52.6 Å². The van der Waals surface area contributed by atoms with E-state index in [1.54, 1.807) is 0 Å². The van der Waals surface area contributed by atoms with Crippen molar-refractivity contribution >= 4 is 18.9 Å². The van der Waals surface area contributed by atoms with Crippen molar-refractivity contribution in [3.63, 3.8) is 0 Å². The van der Waals surface area contributed by atoms with E-state index in [0.717, 1.165) is 12.0 Å². The van der Waals surface area contributed by atoms with Crippen LogP contribution in [0.4, 0.5) is 0 Å². The summed E-state index contributed by atoms with van der Waals surface area (Å²) in [6.07, 6.45) is 7.60. The van der Waals surface area contributed by atoms with E-state index in [0.29, 0.717) is 30.6 Å². The number of benzene rings is 1. The normalized spacial score (nSPS) is 28.7. The maximum absolute atomic E-state index is 13.8. The summed E-state index contributed by atoms with van der Waals surface area (Å²) in [5, 5.41) is 6.08. The number of carbonyl (C=O) groups excluding carboxylic acids is 2. The van der Waals surface area contributed by atoms with Gasteiger partial charge >= 0.3 is 7.12 Å². The standard InChI is InChI=1S/C29H39BN4O4/c1-18(2)13-25(30-37-24-16-20-15-23(28(20,3)4)29(24,5)38-30)34-26(35)21(14-19-9-7-6-8-10-19)33-27(36)22-17-31-11-12-32-22/h6-12,17-18,20-21,23-25H,13-16H2,1-5H3,(H,33,36)(H,34,35). The quantitative estimate of drug-likeness (QED) is 0.492. The molecule has 4 aliphatic rings. The second-order valence-corrected chi connectivity index (χ2v) is 12.4. The fourth-order valence-corrected chi connectivity index (χ4v) is 6.81. The van der Waals surface area contributed by atoms with Crippen LogP contribution in [0.25, 0.3) is 0 Å². The van der Waals surface area contributed by atoms with Crippen LogP contribution in [-0.2, 0) is 20.5 Å². The Hall–Kier alpha value is -2.78. The van der Waals surface area contributed by atoms with Crippen molar-refractivity contribution in [1.29, 1.82) is 0 Å². The topological polar surface area (TPSA) is 102 Å². The predicted molar refractivity (Wildman–Crippen MR) is 145 cm³/mol. The highest BCUT2D eigenvalue weighted by atomic mass is 16.7. The zero-order valence-corrected chi connectivity index (χ0v) is 23.0. The van der Waals surface area contributed by atoms with Gasteiger partial charge in [0.25, 0.3) is 5.91 Å². The van der Waals surface area contributed by atoms with Gasteiger partial charge in [-0.2, -0.15) is 0 Å². The molecule has 6 unspecified atom stereocenters. The Morgan fingerprint density at radius 3 is 2.53 bits per heavy atom. The molecule has 2 N–H and O–H groups in total. The molecule has 6 rings (SSSR count). The second-order valence-electron chi connectivity index (χ2n) is 12.4. The minimum atomic E-state index is -0.799. The highest BCUT2D eigenvalue weighted by molar-refractivity contribution is 6.48. The van der Waals surface area contributed by atoms with Crippen LogP contribution in [0.3, 0.4) is 0 Å². The van der Waals surface area contributed by atoms with Gasteiger partial charge in [-0.1, -0.05) is 58.0 Å². The van der Waals surface area contributed by atoms with E-state index < -0.39 is 19.1 Å². The molecule has 2 aromatic rings. The Kier molecular flexibility index (Phi) is 7.35. The average Bonchev–Trinajstić information content (AvgIpc) is 3.26. The number of carbonyl (C=O) groups is 2. The summed E-state index contributed by atoms with van der Waals surface area (Å²) in [4.78, 5) is 34.8. The smallest absolute Gasteiger partial charge is 0.404 e. The van der Waals surface area contributed by atoms with E-state index in [1.165, 1.54) is 25.0 Å². The van der Waals surface area contributed by atoms with Crippen LogP contribution in [0.2, 0.25) is 0 Å². The van der Waals surface area contributed by atoms with Crippen molar-refractivity contribution in [2.75, 3.05) is 0 Å². The molecule has 3 aliphatic carbocycles. The zero-order valence-electron chi connectivity index (χ0n) is 23.0. The summed E-state index contributed by atoms with van der Waals surface area (Å²) < 4.78 is 13.2. The molecule has 3 saturated carbocycles. The van der Waals surface area contributed by atoms with E-state index in [4.69, 9.17) is 9.31 Å². The molecule has 2 bridgehead atoms. The van der Waals surface area contributed by atoms with Gasteiger partial charge in [0, 0.05) is 18.8 Å². The van der Waals surface area contributed by atoms with E-state index in [-0.39, 0.29) is 34.7 Å². The van der Waals surface area contributed by atoms with Crippen LogP contribution in [0.5, 0.6) is 0 Å². The molecular weight excluding hydrogens is 479 g/mol. The van der Waals surface area contributed by atoms with Crippen molar-refractivity contribution in [2.45, 2.75) is 84.0 Å². The molecular formula is C29H39BN4O4. The summed E-state index contributed by atoms with van der Waals surface area (Å²) >= 11 is 0. The maximum atomic E-state index is 13.8. The van der Waals surface area contributed by atoms with E-state index in [2.05, 4.69) is 55.2 Å². The maximum Gasteiger partial charge on any atom is 0.481 e. The molecule has 0 radical (unpaired) electrons. The van der Waals surface area contributed by atoms with E-state index in [9.17, 15) is 9.59 Å². The predicted octanol–water partition coefficient (Wildman–Crippen LogP) is 3.62. The first-order chi connectivity index (χ1) is 18.1. The number of aromatic nitrogens is 2. The molecule has 1 saturated heterocycles.